The van der Waals surface area contributed by atoms with E-state index in [2.05, 4.69) is 9.97 Å². The zero-order chi connectivity index (χ0) is 17.9. The highest BCUT2D eigenvalue weighted by atomic mass is 35.5. The number of nitrogens with one attached hydrogen (secondary N) is 1. The van der Waals surface area contributed by atoms with Gasteiger partial charge < -0.3 is 4.98 Å². The molecule has 3 nitrogen and oxygen atoms in total. The highest BCUT2D eigenvalue weighted by Gasteiger charge is 2.15. The zero-order valence-corrected chi connectivity index (χ0v) is 14.6. The number of pyridine rings is 2. The van der Waals surface area contributed by atoms with Gasteiger partial charge in [-0.05, 0) is 41.0 Å². The van der Waals surface area contributed by atoms with Gasteiger partial charge in [0.2, 0.25) is 0 Å². The van der Waals surface area contributed by atoms with E-state index in [1.165, 1.54) is 0 Å². The molecule has 26 heavy (non-hydrogen) atoms. The van der Waals surface area contributed by atoms with Crippen LogP contribution in [0.25, 0.3) is 33.5 Å². The topological polar surface area (TPSA) is 45.8 Å². The molecule has 1 N–H and O–H groups in total. The Kier molecular flexibility index (Phi) is 4.38. The van der Waals surface area contributed by atoms with Gasteiger partial charge in [-0.1, -0.05) is 60.1 Å². The van der Waals surface area contributed by atoms with Gasteiger partial charge in [-0.3, -0.25) is 9.78 Å². The maximum Gasteiger partial charge on any atom is 0.256 e. The lowest BCUT2D eigenvalue weighted by Gasteiger charge is -2.13. The monoisotopic (exact) mass is 358 g/mol. The van der Waals surface area contributed by atoms with E-state index in [1.54, 1.807) is 12.4 Å². The fourth-order valence-corrected chi connectivity index (χ4v) is 3.27. The molecule has 0 bridgehead atoms. The number of rotatable bonds is 3. The van der Waals surface area contributed by atoms with Crippen molar-refractivity contribution in [3.05, 3.63) is 101 Å². The summed E-state index contributed by atoms with van der Waals surface area (Å²) < 4.78 is 0. The Morgan fingerprint density at radius 2 is 1.46 bits per heavy atom. The molecule has 0 amide bonds. The first-order valence-corrected chi connectivity index (χ1v) is 8.60. The maximum absolute atomic E-state index is 13.0. The van der Waals surface area contributed by atoms with Crippen LogP contribution in [0, 0.1) is 0 Å². The smallest absolute Gasteiger partial charge is 0.256 e. The van der Waals surface area contributed by atoms with E-state index in [4.69, 9.17) is 11.6 Å². The standard InChI is InChI=1S/C22H15ClN2O/c23-19-9-5-4-8-17(19)20-14-18(15-10-12-24-13-11-15)21(22(26)25-20)16-6-2-1-3-7-16/h1-14H,(H,25,26). The Balaban J connectivity index is 2.02. The lowest BCUT2D eigenvalue weighted by molar-refractivity contribution is 1.24. The summed E-state index contributed by atoms with van der Waals surface area (Å²) in [5.41, 5.74) is 4.60. The van der Waals surface area contributed by atoms with Gasteiger partial charge in [-0.15, -0.1) is 0 Å². The summed E-state index contributed by atoms with van der Waals surface area (Å²) in [6, 6.07) is 22.9. The van der Waals surface area contributed by atoms with Crippen LogP contribution < -0.4 is 5.56 Å². The second-order valence-corrected chi connectivity index (χ2v) is 6.29. The second kappa shape index (κ2) is 6.98. The summed E-state index contributed by atoms with van der Waals surface area (Å²) in [6.45, 7) is 0. The van der Waals surface area contributed by atoms with Gasteiger partial charge >= 0.3 is 0 Å². The largest absolute Gasteiger partial charge is 0.321 e. The number of nitrogens with zero attached hydrogens (tertiary/aromatic N) is 1. The Hall–Kier alpha value is -3.17. The lowest BCUT2D eigenvalue weighted by Crippen LogP contribution is -2.12. The predicted octanol–water partition coefficient (Wildman–Crippen LogP) is 5.42. The van der Waals surface area contributed by atoms with Crippen LogP contribution in [0.5, 0.6) is 0 Å². The summed E-state index contributed by atoms with van der Waals surface area (Å²) in [7, 11) is 0. The molecule has 0 saturated carbocycles. The SMILES string of the molecule is O=c1[nH]c(-c2ccccc2Cl)cc(-c2ccncc2)c1-c1ccccc1. The van der Waals surface area contributed by atoms with Crippen molar-refractivity contribution in [2.45, 2.75) is 0 Å². The summed E-state index contributed by atoms with van der Waals surface area (Å²) in [5, 5.41) is 0.594. The van der Waals surface area contributed by atoms with E-state index in [0.29, 0.717) is 16.3 Å². The molecule has 2 aromatic carbocycles. The number of halogens is 1. The average molecular weight is 359 g/mol. The summed E-state index contributed by atoms with van der Waals surface area (Å²) in [4.78, 5) is 20.1. The fourth-order valence-electron chi connectivity index (χ4n) is 3.03. The van der Waals surface area contributed by atoms with Crippen LogP contribution in [-0.2, 0) is 0 Å². The third-order valence-corrected chi connectivity index (χ3v) is 4.58. The first-order chi connectivity index (χ1) is 12.7. The zero-order valence-electron chi connectivity index (χ0n) is 13.8. The van der Waals surface area contributed by atoms with Crippen LogP contribution in [0.2, 0.25) is 5.02 Å². The molecule has 2 aromatic heterocycles. The summed E-state index contributed by atoms with van der Waals surface area (Å²) >= 11 is 6.33. The minimum absolute atomic E-state index is 0.152. The molecule has 0 saturated heterocycles. The van der Waals surface area contributed by atoms with Gasteiger partial charge in [0.15, 0.2) is 0 Å². The molecule has 0 aliphatic carbocycles. The van der Waals surface area contributed by atoms with Crippen molar-refractivity contribution in [1.82, 2.24) is 9.97 Å². The molecule has 4 rings (SSSR count). The highest BCUT2D eigenvalue weighted by Crippen LogP contribution is 2.33. The molecule has 0 fully saturated rings. The Morgan fingerprint density at radius 3 is 2.19 bits per heavy atom. The average Bonchev–Trinajstić information content (AvgIpc) is 2.69. The van der Waals surface area contributed by atoms with Gasteiger partial charge in [-0.2, -0.15) is 0 Å². The van der Waals surface area contributed by atoms with Crippen molar-refractivity contribution in [2.75, 3.05) is 0 Å². The van der Waals surface area contributed by atoms with Gasteiger partial charge in [-0.25, -0.2) is 0 Å². The second-order valence-electron chi connectivity index (χ2n) is 5.88. The van der Waals surface area contributed by atoms with Crippen molar-refractivity contribution in [1.29, 1.82) is 0 Å². The Bertz CT molecular complexity index is 1110. The number of H-pyrrole nitrogens is 1. The van der Waals surface area contributed by atoms with E-state index < -0.39 is 0 Å². The highest BCUT2D eigenvalue weighted by molar-refractivity contribution is 6.33. The normalized spacial score (nSPS) is 10.7. The van der Waals surface area contributed by atoms with Crippen molar-refractivity contribution in [2.24, 2.45) is 0 Å². The minimum atomic E-state index is -0.152. The molecule has 0 aliphatic rings. The van der Waals surface area contributed by atoms with Crippen molar-refractivity contribution < 1.29 is 0 Å². The summed E-state index contributed by atoms with van der Waals surface area (Å²) in [5.74, 6) is 0. The third kappa shape index (κ3) is 3.05. The Labute approximate surface area is 156 Å². The van der Waals surface area contributed by atoms with Crippen LogP contribution in [0.15, 0.2) is 90.0 Å². The molecule has 0 unspecified atom stereocenters. The quantitative estimate of drug-likeness (QED) is 0.531. The van der Waals surface area contributed by atoms with E-state index in [9.17, 15) is 4.79 Å². The van der Waals surface area contributed by atoms with Crippen LogP contribution in [0.1, 0.15) is 0 Å². The van der Waals surface area contributed by atoms with Crippen LogP contribution >= 0.6 is 11.6 Å². The molecule has 0 spiro atoms. The third-order valence-electron chi connectivity index (χ3n) is 4.25. The van der Waals surface area contributed by atoms with Crippen molar-refractivity contribution in [3.8, 4) is 33.5 Å². The van der Waals surface area contributed by atoms with Crippen molar-refractivity contribution >= 4 is 11.6 Å². The van der Waals surface area contributed by atoms with Crippen LogP contribution in [-0.4, -0.2) is 9.97 Å². The molecule has 4 heteroatoms. The van der Waals surface area contributed by atoms with Crippen LogP contribution in [0.3, 0.4) is 0 Å². The van der Waals surface area contributed by atoms with Gasteiger partial charge in [0.1, 0.15) is 0 Å². The summed E-state index contributed by atoms with van der Waals surface area (Å²) in [6.07, 6.45) is 3.45. The maximum atomic E-state index is 13.0. The predicted molar refractivity (Wildman–Crippen MR) is 106 cm³/mol. The first-order valence-electron chi connectivity index (χ1n) is 8.22. The molecule has 0 atom stereocenters. The number of aromatic amines is 1. The number of aromatic nitrogens is 2. The van der Waals surface area contributed by atoms with Crippen LogP contribution in [0.4, 0.5) is 0 Å². The van der Waals surface area contributed by atoms with Gasteiger partial charge in [0, 0.05) is 23.0 Å². The van der Waals surface area contributed by atoms with Gasteiger partial charge in [0.25, 0.3) is 5.56 Å². The fraction of sp³-hybridized carbons (Fsp3) is 0. The first kappa shape index (κ1) is 16.3. The van der Waals surface area contributed by atoms with E-state index >= 15 is 0 Å². The molecule has 0 aliphatic heterocycles. The molecule has 0 radical (unpaired) electrons. The lowest BCUT2D eigenvalue weighted by atomic mass is 9.95. The van der Waals surface area contributed by atoms with E-state index in [1.807, 2.05) is 72.8 Å². The van der Waals surface area contributed by atoms with Gasteiger partial charge in [0.05, 0.1) is 11.3 Å². The molecule has 126 valence electrons. The van der Waals surface area contributed by atoms with E-state index in [-0.39, 0.29) is 5.56 Å². The molecular formula is C22H15ClN2O. The minimum Gasteiger partial charge on any atom is -0.321 e. The molecular weight excluding hydrogens is 344 g/mol. The van der Waals surface area contributed by atoms with Crippen molar-refractivity contribution in [3.63, 3.8) is 0 Å². The molecule has 4 aromatic rings. The molecule has 2 heterocycles. The van der Waals surface area contributed by atoms with E-state index in [0.717, 1.165) is 22.3 Å². The number of hydrogen-bond acceptors (Lipinski definition) is 2. The number of benzene rings is 2. The Morgan fingerprint density at radius 1 is 0.769 bits per heavy atom. The number of hydrogen-bond donors (Lipinski definition) is 1.